The first-order valence-electron chi connectivity index (χ1n) is 5.29. The summed E-state index contributed by atoms with van der Waals surface area (Å²) in [7, 11) is -3.63. The van der Waals surface area contributed by atoms with Crippen molar-refractivity contribution in [2.45, 2.75) is 0 Å². The lowest BCUT2D eigenvalue weighted by atomic mass is 10.1. The Hall–Kier alpha value is -1.57. The Morgan fingerprint density at radius 2 is 1.95 bits per heavy atom. The van der Waals surface area contributed by atoms with Crippen molar-refractivity contribution in [1.82, 2.24) is 14.9 Å². The van der Waals surface area contributed by atoms with Crippen LogP contribution in [0.1, 0.15) is 10.5 Å². The van der Waals surface area contributed by atoms with Gasteiger partial charge in [0.1, 0.15) is 5.69 Å². The predicted molar refractivity (Wildman–Crippen MR) is 76.4 cm³/mol. The maximum atomic E-state index is 11.6. The Labute approximate surface area is 125 Å². The van der Waals surface area contributed by atoms with Gasteiger partial charge in [-0.05, 0) is 18.2 Å². The lowest BCUT2D eigenvalue weighted by molar-refractivity contribution is 0.0977. The predicted octanol–water partition coefficient (Wildman–Crippen LogP) is 2.07. The lowest BCUT2D eigenvalue weighted by Gasteiger charge is -1.99. The van der Waals surface area contributed by atoms with Gasteiger partial charge in [0.15, 0.2) is 0 Å². The zero-order valence-electron chi connectivity index (χ0n) is 10.1. The number of amides is 1. The number of halogens is 2. The fraction of sp³-hybridized carbons (Fsp3) is 0.0909. The lowest BCUT2D eigenvalue weighted by Crippen LogP contribution is -2.29. The van der Waals surface area contributed by atoms with Gasteiger partial charge >= 0.3 is 0 Å². The molecule has 2 aromatic rings. The second-order valence-electron chi connectivity index (χ2n) is 4.00. The van der Waals surface area contributed by atoms with Crippen LogP contribution >= 0.6 is 23.2 Å². The van der Waals surface area contributed by atoms with Crippen molar-refractivity contribution in [3.05, 3.63) is 40.0 Å². The maximum Gasteiger partial charge on any atom is 0.282 e. The van der Waals surface area contributed by atoms with Gasteiger partial charge in [-0.3, -0.25) is 9.89 Å². The monoisotopic (exact) mass is 333 g/mol. The van der Waals surface area contributed by atoms with E-state index in [1.54, 1.807) is 18.2 Å². The minimum absolute atomic E-state index is 0.0245. The first kappa shape index (κ1) is 14.8. The molecule has 0 bridgehead atoms. The molecular weight excluding hydrogens is 325 g/mol. The molecule has 2 rings (SSSR count). The Morgan fingerprint density at radius 3 is 2.55 bits per heavy atom. The number of H-pyrrole nitrogens is 1. The number of nitrogens with one attached hydrogen (secondary N) is 2. The van der Waals surface area contributed by atoms with E-state index in [0.717, 1.165) is 6.26 Å². The van der Waals surface area contributed by atoms with Crippen LogP contribution in [-0.2, 0) is 10.0 Å². The van der Waals surface area contributed by atoms with Gasteiger partial charge in [0.25, 0.3) is 5.91 Å². The van der Waals surface area contributed by atoms with Gasteiger partial charge < -0.3 is 0 Å². The first-order chi connectivity index (χ1) is 9.26. The molecule has 0 saturated heterocycles. The van der Waals surface area contributed by atoms with E-state index in [-0.39, 0.29) is 5.69 Å². The van der Waals surface area contributed by atoms with Gasteiger partial charge in [0.2, 0.25) is 10.0 Å². The van der Waals surface area contributed by atoms with E-state index in [1.807, 2.05) is 4.72 Å². The van der Waals surface area contributed by atoms with Gasteiger partial charge in [-0.15, -0.1) is 0 Å². The van der Waals surface area contributed by atoms with E-state index in [4.69, 9.17) is 23.2 Å². The molecule has 20 heavy (non-hydrogen) atoms. The van der Waals surface area contributed by atoms with E-state index in [1.165, 1.54) is 6.07 Å². The molecule has 9 heteroatoms. The molecule has 1 amide bonds. The Bertz CT molecular complexity index is 771. The highest BCUT2D eigenvalue weighted by Gasteiger charge is 2.15. The Morgan fingerprint density at radius 1 is 1.25 bits per heavy atom. The summed E-state index contributed by atoms with van der Waals surface area (Å²) in [5, 5.41) is 7.14. The number of rotatable bonds is 3. The number of benzene rings is 1. The molecule has 0 unspecified atom stereocenters. The average Bonchev–Trinajstić information content (AvgIpc) is 2.80. The number of aromatic amines is 1. The van der Waals surface area contributed by atoms with Crippen LogP contribution in [0.2, 0.25) is 10.0 Å². The number of hydrogen-bond acceptors (Lipinski definition) is 4. The summed E-state index contributed by atoms with van der Waals surface area (Å²) in [6, 6.07) is 6.30. The molecular formula is C11H9Cl2N3O3S. The second kappa shape index (κ2) is 5.43. The fourth-order valence-electron chi connectivity index (χ4n) is 1.46. The van der Waals surface area contributed by atoms with Gasteiger partial charge in [0.05, 0.1) is 22.0 Å². The van der Waals surface area contributed by atoms with Crippen molar-refractivity contribution >= 4 is 39.1 Å². The highest BCUT2D eigenvalue weighted by atomic mass is 35.5. The highest BCUT2D eigenvalue weighted by Crippen LogP contribution is 2.27. The number of aromatic nitrogens is 2. The van der Waals surface area contributed by atoms with Crippen LogP contribution in [0.15, 0.2) is 24.3 Å². The standard InChI is InChI=1S/C11H9Cl2N3O3S/c1-20(18,19)16-11(17)10-5-9(14-15-10)6-2-3-7(12)8(13)4-6/h2-5H,1H3,(H,14,15)(H,16,17). The second-order valence-corrected chi connectivity index (χ2v) is 6.56. The molecule has 0 aliphatic rings. The Kier molecular flexibility index (Phi) is 4.03. The summed E-state index contributed by atoms with van der Waals surface area (Å²) < 4.78 is 23.8. The molecule has 106 valence electrons. The van der Waals surface area contributed by atoms with Crippen LogP contribution in [0.3, 0.4) is 0 Å². The molecule has 1 aromatic heterocycles. The summed E-state index contributed by atoms with van der Waals surface area (Å²) in [6.45, 7) is 0. The minimum atomic E-state index is -3.63. The van der Waals surface area contributed by atoms with Crippen molar-refractivity contribution < 1.29 is 13.2 Å². The SMILES string of the molecule is CS(=O)(=O)NC(=O)c1cc(-c2ccc(Cl)c(Cl)c2)n[nH]1. The normalized spacial score (nSPS) is 11.3. The van der Waals surface area contributed by atoms with Crippen LogP contribution in [0.5, 0.6) is 0 Å². The number of sulfonamides is 1. The summed E-state index contributed by atoms with van der Waals surface area (Å²) in [5.41, 5.74) is 1.12. The van der Waals surface area contributed by atoms with Crippen molar-refractivity contribution in [3.63, 3.8) is 0 Å². The van der Waals surface area contributed by atoms with E-state index < -0.39 is 15.9 Å². The molecule has 6 nitrogen and oxygen atoms in total. The van der Waals surface area contributed by atoms with Crippen LogP contribution in [0, 0.1) is 0 Å². The van der Waals surface area contributed by atoms with Crippen molar-refractivity contribution in [3.8, 4) is 11.3 Å². The van der Waals surface area contributed by atoms with Crippen molar-refractivity contribution in [2.24, 2.45) is 0 Å². The van der Waals surface area contributed by atoms with Crippen LogP contribution in [0.4, 0.5) is 0 Å². The molecule has 0 aliphatic carbocycles. The summed E-state index contributed by atoms with van der Waals surface area (Å²) in [4.78, 5) is 11.6. The molecule has 0 saturated carbocycles. The molecule has 2 N–H and O–H groups in total. The van der Waals surface area contributed by atoms with Gasteiger partial charge in [-0.2, -0.15) is 5.10 Å². The summed E-state index contributed by atoms with van der Waals surface area (Å²) in [6.07, 6.45) is 0.890. The molecule has 0 spiro atoms. The van der Waals surface area contributed by atoms with Crippen molar-refractivity contribution in [2.75, 3.05) is 6.26 Å². The summed E-state index contributed by atoms with van der Waals surface area (Å²) >= 11 is 11.7. The number of carbonyl (C=O) groups is 1. The van der Waals surface area contributed by atoms with Crippen LogP contribution < -0.4 is 4.72 Å². The van der Waals surface area contributed by atoms with Gasteiger partial charge in [-0.1, -0.05) is 29.3 Å². The molecule has 1 aromatic carbocycles. The number of hydrogen-bond donors (Lipinski definition) is 2. The smallest absolute Gasteiger partial charge is 0.272 e. The largest absolute Gasteiger partial charge is 0.282 e. The van der Waals surface area contributed by atoms with E-state index in [0.29, 0.717) is 21.3 Å². The van der Waals surface area contributed by atoms with E-state index in [2.05, 4.69) is 10.2 Å². The molecule has 0 aliphatic heterocycles. The fourth-order valence-corrected chi connectivity index (χ4v) is 2.21. The topological polar surface area (TPSA) is 91.9 Å². The maximum absolute atomic E-state index is 11.6. The molecule has 0 radical (unpaired) electrons. The quantitative estimate of drug-likeness (QED) is 0.899. The number of carbonyl (C=O) groups excluding carboxylic acids is 1. The zero-order chi connectivity index (χ0) is 14.9. The molecule has 0 fully saturated rings. The van der Waals surface area contributed by atoms with Crippen molar-refractivity contribution in [1.29, 1.82) is 0 Å². The van der Waals surface area contributed by atoms with E-state index in [9.17, 15) is 13.2 Å². The third-order valence-electron chi connectivity index (χ3n) is 2.32. The van der Waals surface area contributed by atoms with Gasteiger partial charge in [0, 0.05) is 5.56 Å². The highest BCUT2D eigenvalue weighted by molar-refractivity contribution is 7.89. The number of nitrogens with zero attached hydrogens (tertiary/aromatic N) is 1. The summed E-state index contributed by atoms with van der Waals surface area (Å²) in [5.74, 6) is -0.786. The third kappa shape index (κ3) is 3.50. The van der Waals surface area contributed by atoms with Gasteiger partial charge in [-0.25, -0.2) is 13.1 Å². The third-order valence-corrected chi connectivity index (χ3v) is 3.61. The average molecular weight is 334 g/mol. The zero-order valence-corrected chi connectivity index (χ0v) is 12.5. The molecule has 1 heterocycles. The van der Waals surface area contributed by atoms with Crippen LogP contribution in [0.25, 0.3) is 11.3 Å². The first-order valence-corrected chi connectivity index (χ1v) is 7.94. The molecule has 0 atom stereocenters. The Balaban J connectivity index is 2.29. The minimum Gasteiger partial charge on any atom is -0.272 e. The van der Waals surface area contributed by atoms with E-state index >= 15 is 0 Å². The van der Waals surface area contributed by atoms with Crippen LogP contribution in [-0.4, -0.2) is 30.8 Å².